The standard InChI is InChI=1S/C8H19NO2/c1-7(2)4-9(3)5-8(11)6-10/h7-8,10-11H,4-6H2,1-3H3. The Balaban J connectivity index is 3.43. The van der Waals surface area contributed by atoms with E-state index in [0.29, 0.717) is 12.5 Å². The molecule has 0 rings (SSSR count). The minimum absolute atomic E-state index is 0.150. The summed E-state index contributed by atoms with van der Waals surface area (Å²) in [6.07, 6.45) is -0.598. The molecule has 1 unspecified atom stereocenters. The SMILES string of the molecule is CC(C)CN(C)CC(O)CO. The van der Waals surface area contributed by atoms with Gasteiger partial charge in [-0.15, -0.1) is 0 Å². The third-order valence-electron chi connectivity index (χ3n) is 1.41. The highest BCUT2D eigenvalue weighted by Gasteiger charge is 2.07. The normalized spacial score (nSPS) is 14.5. The number of nitrogens with zero attached hydrogens (tertiary/aromatic N) is 1. The molecule has 0 aromatic carbocycles. The van der Waals surface area contributed by atoms with E-state index in [1.54, 1.807) is 0 Å². The Morgan fingerprint density at radius 1 is 1.27 bits per heavy atom. The lowest BCUT2D eigenvalue weighted by Crippen LogP contribution is -2.33. The maximum atomic E-state index is 9.05. The maximum absolute atomic E-state index is 9.05. The van der Waals surface area contributed by atoms with Crippen LogP contribution in [0.2, 0.25) is 0 Å². The molecule has 68 valence electrons. The van der Waals surface area contributed by atoms with Gasteiger partial charge in [0.15, 0.2) is 0 Å². The molecule has 0 aliphatic heterocycles. The van der Waals surface area contributed by atoms with Gasteiger partial charge in [-0.05, 0) is 13.0 Å². The van der Waals surface area contributed by atoms with E-state index < -0.39 is 6.10 Å². The number of aliphatic hydroxyl groups excluding tert-OH is 2. The summed E-state index contributed by atoms with van der Waals surface area (Å²) in [5.74, 6) is 0.603. The molecule has 0 bridgehead atoms. The lowest BCUT2D eigenvalue weighted by atomic mass is 10.2. The largest absolute Gasteiger partial charge is 0.394 e. The Kier molecular flexibility index (Phi) is 5.46. The molecule has 0 aliphatic rings. The predicted molar refractivity (Wildman–Crippen MR) is 45.4 cm³/mol. The third-order valence-corrected chi connectivity index (χ3v) is 1.41. The molecule has 1 atom stereocenters. The van der Waals surface area contributed by atoms with Crippen LogP contribution in [0.15, 0.2) is 0 Å². The molecule has 0 aromatic heterocycles. The summed E-state index contributed by atoms with van der Waals surface area (Å²) in [5, 5.41) is 17.6. The smallest absolute Gasteiger partial charge is 0.0897 e. The molecule has 3 heteroatoms. The van der Waals surface area contributed by atoms with Gasteiger partial charge in [0.2, 0.25) is 0 Å². The van der Waals surface area contributed by atoms with Crippen molar-refractivity contribution in [1.29, 1.82) is 0 Å². The second kappa shape index (κ2) is 5.52. The summed E-state index contributed by atoms with van der Waals surface area (Å²) in [7, 11) is 1.94. The van der Waals surface area contributed by atoms with E-state index in [1.807, 2.05) is 11.9 Å². The first-order valence-electron chi connectivity index (χ1n) is 4.03. The molecule has 0 radical (unpaired) electrons. The zero-order valence-electron chi connectivity index (χ0n) is 7.62. The van der Waals surface area contributed by atoms with Crippen LogP contribution < -0.4 is 0 Å². The van der Waals surface area contributed by atoms with E-state index in [1.165, 1.54) is 0 Å². The minimum Gasteiger partial charge on any atom is -0.394 e. The van der Waals surface area contributed by atoms with Crippen molar-refractivity contribution in [3.8, 4) is 0 Å². The molecule has 0 aliphatic carbocycles. The summed E-state index contributed by atoms with van der Waals surface area (Å²) >= 11 is 0. The van der Waals surface area contributed by atoms with Gasteiger partial charge >= 0.3 is 0 Å². The molecule has 0 aromatic rings. The molecule has 11 heavy (non-hydrogen) atoms. The highest BCUT2D eigenvalue weighted by atomic mass is 16.3. The Bertz CT molecular complexity index is 96.1. The van der Waals surface area contributed by atoms with E-state index in [0.717, 1.165) is 6.54 Å². The van der Waals surface area contributed by atoms with Crippen molar-refractivity contribution >= 4 is 0 Å². The van der Waals surface area contributed by atoms with Gasteiger partial charge in [0, 0.05) is 13.1 Å². The highest BCUT2D eigenvalue weighted by Crippen LogP contribution is 1.96. The number of hydrogen-bond acceptors (Lipinski definition) is 3. The van der Waals surface area contributed by atoms with E-state index in [4.69, 9.17) is 10.2 Å². The zero-order valence-corrected chi connectivity index (χ0v) is 7.62. The predicted octanol–water partition coefficient (Wildman–Crippen LogP) is -0.0726. The molecule has 0 fully saturated rings. The monoisotopic (exact) mass is 161 g/mol. The first kappa shape index (κ1) is 10.9. The van der Waals surface area contributed by atoms with E-state index in [9.17, 15) is 0 Å². The first-order chi connectivity index (χ1) is 5.06. The first-order valence-corrected chi connectivity index (χ1v) is 4.03. The second-order valence-corrected chi connectivity index (χ2v) is 3.45. The molecular weight excluding hydrogens is 142 g/mol. The topological polar surface area (TPSA) is 43.7 Å². The average molecular weight is 161 g/mol. The van der Waals surface area contributed by atoms with Gasteiger partial charge in [-0.2, -0.15) is 0 Å². The van der Waals surface area contributed by atoms with Crippen molar-refractivity contribution in [2.75, 3.05) is 26.7 Å². The lowest BCUT2D eigenvalue weighted by molar-refractivity contribution is 0.0638. The van der Waals surface area contributed by atoms with Crippen LogP contribution in [0.5, 0.6) is 0 Å². The molecular formula is C8H19NO2. The lowest BCUT2D eigenvalue weighted by Gasteiger charge is -2.20. The quantitative estimate of drug-likeness (QED) is 0.593. The van der Waals surface area contributed by atoms with Crippen LogP contribution in [0.3, 0.4) is 0 Å². The molecule has 0 spiro atoms. The Morgan fingerprint density at radius 3 is 2.18 bits per heavy atom. The summed E-state index contributed by atoms with van der Waals surface area (Å²) < 4.78 is 0. The van der Waals surface area contributed by atoms with Crippen molar-refractivity contribution < 1.29 is 10.2 Å². The van der Waals surface area contributed by atoms with Gasteiger partial charge < -0.3 is 15.1 Å². The fraction of sp³-hybridized carbons (Fsp3) is 1.00. The van der Waals surface area contributed by atoms with Gasteiger partial charge in [0.05, 0.1) is 12.7 Å². The Hall–Kier alpha value is -0.120. The number of hydrogen-bond donors (Lipinski definition) is 2. The molecule has 0 saturated carbocycles. The summed E-state index contributed by atoms with van der Waals surface area (Å²) in [6.45, 7) is 5.61. The number of rotatable bonds is 5. The fourth-order valence-electron chi connectivity index (χ4n) is 1.12. The molecule has 0 saturated heterocycles. The van der Waals surface area contributed by atoms with Crippen molar-refractivity contribution in [2.24, 2.45) is 5.92 Å². The van der Waals surface area contributed by atoms with Gasteiger partial charge in [-0.1, -0.05) is 13.8 Å². The Labute approximate surface area is 68.6 Å². The molecule has 0 heterocycles. The van der Waals surface area contributed by atoms with Crippen molar-refractivity contribution in [1.82, 2.24) is 4.90 Å². The summed E-state index contributed by atoms with van der Waals surface area (Å²) in [5.41, 5.74) is 0. The van der Waals surface area contributed by atoms with Crippen molar-refractivity contribution in [2.45, 2.75) is 20.0 Å². The van der Waals surface area contributed by atoms with E-state index in [-0.39, 0.29) is 6.61 Å². The van der Waals surface area contributed by atoms with Crippen LogP contribution in [0, 0.1) is 5.92 Å². The number of aliphatic hydroxyl groups is 2. The van der Waals surface area contributed by atoms with Crippen LogP contribution in [0.25, 0.3) is 0 Å². The zero-order chi connectivity index (χ0) is 8.85. The summed E-state index contributed by atoms with van der Waals surface area (Å²) in [6, 6.07) is 0. The molecule has 3 nitrogen and oxygen atoms in total. The number of likely N-dealkylation sites (N-methyl/N-ethyl adjacent to an activating group) is 1. The molecule has 2 N–H and O–H groups in total. The fourth-order valence-corrected chi connectivity index (χ4v) is 1.12. The van der Waals surface area contributed by atoms with Crippen molar-refractivity contribution in [3.63, 3.8) is 0 Å². The van der Waals surface area contributed by atoms with Crippen LogP contribution in [0.1, 0.15) is 13.8 Å². The Morgan fingerprint density at radius 2 is 1.82 bits per heavy atom. The highest BCUT2D eigenvalue weighted by molar-refractivity contribution is 4.60. The van der Waals surface area contributed by atoms with Crippen LogP contribution in [-0.2, 0) is 0 Å². The molecule has 0 amide bonds. The van der Waals surface area contributed by atoms with Crippen LogP contribution >= 0.6 is 0 Å². The van der Waals surface area contributed by atoms with Crippen LogP contribution in [0.4, 0.5) is 0 Å². The third kappa shape index (κ3) is 6.28. The van der Waals surface area contributed by atoms with Crippen LogP contribution in [-0.4, -0.2) is 48.0 Å². The van der Waals surface area contributed by atoms with Gasteiger partial charge in [-0.3, -0.25) is 0 Å². The van der Waals surface area contributed by atoms with Gasteiger partial charge in [0.25, 0.3) is 0 Å². The van der Waals surface area contributed by atoms with Gasteiger partial charge in [-0.25, -0.2) is 0 Å². The van der Waals surface area contributed by atoms with E-state index in [2.05, 4.69) is 13.8 Å². The van der Waals surface area contributed by atoms with Gasteiger partial charge in [0.1, 0.15) is 0 Å². The summed E-state index contributed by atoms with van der Waals surface area (Å²) in [4.78, 5) is 2.02. The second-order valence-electron chi connectivity index (χ2n) is 3.45. The minimum atomic E-state index is -0.598. The average Bonchev–Trinajstić information content (AvgIpc) is 1.85. The van der Waals surface area contributed by atoms with Crippen molar-refractivity contribution in [3.05, 3.63) is 0 Å². The maximum Gasteiger partial charge on any atom is 0.0897 e. The van der Waals surface area contributed by atoms with E-state index >= 15 is 0 Å².